The Balaban J connectivity index is 3.60. The van der Waals surface area contributed by atoms with Crippen LogP contribution in [0.1, 0.15) is 26.3 Å². The zero-order chi connectivity index (χ0) is 16.9. The number of nitrogens with zero attached hydrogens (tertiary/aromatic N) is 1. The van der Waals surface area contributed by atoms with Crippen LogP contribution in [0.25, 0.3) is 0 Å². The Morgan fingerprint density at radius 2 is 2.05 bits per heavy atom. The van der Waals surface area contributed by atoms with Crippen molar-refractivity contribution in [2.75, 3.05) is 4.93 Å². The van der Waals surface area contributed by atoms with E-state index in [4.69, 9.17) is 11.6 Å². The summed E-state index contributed by atoms with van der Waals surface area (Å²) in [5.41, 5.74) is 1.00. The van der Waals surface area contributed by atoms with Crippen LogP contribution < -0.4 is 21.2 Å². The number of aliphatic imine (C=N–C) groups is 1. The van der Waals surface area contributed by atoms with Gasteiger partial charge in [-0.2, -0.15) is 0 Å². The van der Waals surface area contributed by atoms with Gasteiger partial charge in [0.15, 0.2) is 0 Å². The number of allylic oxidation sites excluding steroid dienone is 2. The Bertz CT molecular complexity index is 611. The van der Waals surface area contributed by atoms with E-state index in [0.717, 1.165) is 12.1 Å². The Labute approximate surface area is 146 Å². The van der Waals surface area contributed by atoms with Gasteiger partial charge >= 0.3 is 147 Å². The standard InChI is InChI=1S/C17H20ClF2IN/c1-6-22-12(4)9-16(18)17(21-5,11(2)3)14-10-13(19)7-8-15(14)20/h6-11H,1H2,2-5H3/q-1/b16-9-,22-12?/t17-/m0/s1. The summed E-state index contributed by atoms with van der Waals surface area (Å²) in [7, 11) is 0. The summed E-state index contributed by atoms with van der Waals surface area (Å²) in [4.78, 5) is 6.10. The summed E-state index contributed by atoms with van der Waals surface area (Å²) in [5, 5.41) is 0.491. The summed E-state index contributed by atoms with van der Waals surface area (Å²) in [6.45, 7) is 9.30. The van der Waals surface area contributed by atoms with E-state index in [1.165, 1.54) is 12.3 Å². The number of alkyl halides is 2. The van der Waals surface area contributed by atoms with Crippen LogP contribution in [0, 0.1) is 17.6 Å². The predicted octanol–water partition coefficient (Wildman–Crippen LogP) is 2.26. The van der Waals surface area contributed by atoms with Crippen LogP contribution in [0.4, 0.5) is 8.78 Å². The molecule has 122 valence electrons. The van der Waals surface area contributed by atoms with E-state index in [0.29, 0.717) is 16.3 Å². The molecule has 1 atom stereocenters. The summed E-state index contributed by atoms with van der Waals surface area (Å²) >= 11 is 6.01. The first-order valence-corrected chi connectivity index (χ1v) is 10.4. The van der Waals surface area contributed by atoms with Crippen LogP contribution in [0.2, 0.25) is 0 Å². The molecule has 22 heavy (non-hydrogen) atoms. The van der Waals surface area contributed by atoms with Crippen LogP contribution in [0.3, 0.4) is 0 Å². The van der Waals surface area contributed by atoms with Gasteiger partial charge in [-0.25, -0.2) is 0 Å². The van der Waals surface area contributed by atoms with Crippen molar-refractivity contribution in [3.05, 3.63) is 59.3 Å². The third kappa shape index (κ3) is 3.96. The Morgan fingerprint density at radius 1 is 1.41 bits per heavy atom. The van der Waals surface area contributed by atoms with E-state index in [2.05, 4.69) is 11.6 Å². The second-order valence-corrected chi connectivity index (χ2v) is 8.31. The Kier molecular flexibility index (Phi) is 7.19. The van der Waals surface area contributed by atoms with Gasteiger partial charge in [0.05, 0.1) is 0 Å². The Morgan fingerprint density at radius 3 is 2.55 bits per heavy atom. The van der Waals surface area contributed by atoms with E-state index < -0.39 is 36.3 Å². The molecule has 0 aliphatic carbocycles. The number of hydrogen-bond acceptors (Lipinski definition) is 1. The van der Waals surface area contributed by atoms with Gasteiger partial charge < -0.3 is 0 Å². The molecule has 0 bridgehead atoms. The minimum absolute atomic E-state index is 0.0295. The van der Waals surface area contributed by atoms with Gasteiger partial charge in [-0.15, -0.1) is 0 Å². The van der Waals surface area contributed by atoms with Crippen LogP contribution in [0.15, 0.2) is 47.1 Å². The molecule has 0 fully saturated rings. The number of hydrogen-bond donors (Lipinski definition) is 0. The monoisotopic (exact) mass is 438 g/mol. The maximum atomic E-state index is 14.4. The van der Waals surface area contributed by atoms with Crippen LogP contribution >= 0.6 is 11.6 Å². The van der Waals surface area contributed by atoms with Gasteiger partial charge in [0.25, 0.3) is 0 Å². The zero-order valence-electron chi connectivity index (χ0n) is 13.1. The van der Waals surface area contributed by atoms with Crippen LogP contribution in [0.5, 0.6) is 0 Å². The molecule has 0 amide bonds. The SMILES string of the molecule is C=CN=C(C)/C=C(\Cl)[C@@]([I-]C)(c1cc(F)ccc1F)C(C)C. The molecule has 1 aromatic rings. The topological polar surface area (TPSA) is 12.4 Å². The molecule has 1 nitrogen and oxygen atoms in total. The minimum atomic E-state index is -0.690. The molecular weight excluding hydrogens is 419 g/mol. The van der Waals surface area contributed by atoms with Gasteiger partial charge in [0.1, 0.15) is 0 Å². The molecule has 0 radical (unpaired) electrons. The van der Waals surface area contributed by atoms with Gasteiger partial charge in [-0.05, 0) is 0 Å². The fourth-order valence-electron chi connectivity index (χ4n) is 2.37. The van der Waals surface area contributed by atoms with E-state index in [9.17, 15) is 8.78 Å². The predicted molar refractivity (Wildman–Crippen MR) is 86.0 cm³/mol. The molecule has 0 unspecified atom stereocenters. The number of rotatable bonds is 6. The number of halogens is 4. The van der Waals surface area contributed by atoms with Crippen molar-refractivity contribution in [1.82, 2.24) is 0 Å². The molecule has 0 saturated carbocycles. The third-order valence-electron chi connectivity index (χ3n) is 3.39. The van der Waals surface area contributed by atoms with E-state index in [-0.39, 0.29) is 5.92 Å². The molecule has 0 aromatic heterocycles. The molecule has 1 rings (SSSR count). The van der Waals surface area contributed by atoms with E-state index in [1.54, 1.807) is 13.0 Å². The summed E-state index contributed by atoms with van der Waals surface area (Å²) < 4.78 is 27.4. The van der Waals surface area contributed by atoms with Crippen molar-refractivity contribution >= 4 is 17.3 Å². The van der Waals surface area contributed by atoms with Gasteiger partial charge in [-0.3, -0.25) is 0 Å². The first kappa shape index (κ1) is 19.3. The zero-order valence-corrected chi connectivity index (χ0v) is 16.0. The van der Waals surface area contributed by atoms with Crippen molar-refractivity contribution < 1.29 is 30.0 Å². The fraction of sp³-hybridized carbons (Fsp3) is 0.353. The summed E-state index contributed by atoms with van der Waals surface area (Å²) in [6.07, 6.45) is 3.15. The average Bonchev–Trinajstić information content (AvgIpc) is 2.43. The quantitative estimate of drug-likeness (QED) is 0.367. The van der Waals surface area contributed by atoms with Crippen molar-refractivity contribution in [2.45, 2.75) is 24.2 Å². The van der Waals surface area contributed by atoms with E-state index in [1.807, 2.05) is 18.8 Å². The molecule has 0 saturated heterocycles. The van der Waals surface area contributed by atoms with Crippen molar-refractivity contribution in [1.29, 1.82) is 0 Å². The molecule has 1 aromatic carbocycles. The second kappa shape index (κ2) is 8.20. The van der Waals surface area contributed by atoms with Crippen LogP contribution in [-0.4, -0.2) is 10.6 Å². The first-order valence-electron chi connectivity index (χ1n) is 6.78. The molecule has 0 aliphatic rings. The van der Waals surface area contributed by atoms with Crippen molar-refractivity contribution in [3.63, 3.8) is 0 Å². The summed E-state index contributed by atoms with van der Waals surface area (Å²) in [5.74, 6) is -0.858. The van der Waals surface area contributed by atoms with E-state index >= 15 is 0 Å². The third-order valence-corrected chi connectivity index (χ3v) is 8.23. The maximum absolute atomic E-state index is 14.4. The molecule has 0 spiro atoms. The summed E-state index contributed by atoms with van der Waals surface area (Å²) in [6, 6.07) is 3.55. The fourth-order valence-corrected chi connectivity index (χ4v) is 6.24. The van der Waals surface area contributed by atoms with Crippen LogP contribution in [-0.2, 0) is 3.42 Å². The molecule has 0 aliphatic heterocycles. The average molecular weight is 439 g/mol. The first-order chi connectivity index (χ1) is 10.3. The molecule has 5 heteroatoms. The second-order valence-electron chi connectivity index (χ2n) is 5.12. The van der Waals surface area contributed by atoms with Gasteiger partial charge in [-0.1, -0.05) is 0 Å². The molecular formula is C17H20ClF2IN-. The van der Waals surface area contributed by atoms with Gasteiger partial charge in [0.2, 0.25) is 0 Å². The van der Waals surface area contributed by atoms with Crippen molar-refractivity contribution in [2.24, 2.45) is 10.9 Å². The molecule has 0 heterocycles. The van der Waals surface area contributed by atoms with Crippen molar-refractivity contribution in [3.8, 4) is 0 Å². The number of benzene rings is 1. The normalized spacial score (nSPS) is 16.0. The Hall–Kier alpha value is -0.750. The van der Waals surface area contributed by atoms with Gasteiger partial charge in [0, 0.05) is 0 Å². The molecule has 0 N–H and O–H groups in total.